The standard InChI is InChI=1S/C38H48N4O2S2/c1-3-39(37-19-13-33(14-20-37)11-17-35-9-5-7-23-41(35)25-29-43)27-31-45-46-32-28-40(4-2)38-21-15-34(16-22-38)12-18-36-10-6-8-24-42(36)26-30-44/h5-24,43-44H,3-4,25-32H2,1-2H3/q+2. The summed E-state index contributed by atoms with van der Waals surface area (Å²) in [6.07, 6.45) is 12.4. The molecule has 242 valence electrons. The van der Waals surface area contributed by atoms with E-state index >= 15 is 0 Å². The summed E-state index contributed by atoms with van der Waals surface area (Å²) in [5.74, 6) is 2.15. The average molecular weight is 657 g/mol. The van der Waals surface area contributed by atoms with Gasteiger partial charge in [-0.15, -0.1) is 0 Å². The van der Waals surface area contributed by atoms with E-state index < -0.39 is 0 Å². The van der Waals surface area contributed by atoms with E-state index in [1.807, 2.05) is 58.2 Å². The highest BCUT2D eigenvalue weighted by atomic mass is 33.1. The van der Waals surface area contributed by atoms with Gasteiger partial charge in [0.25, 0.3) is 0 Å². The van der Waals surface area contributed by atoms with Gasteiger partial charge in [-0.2, -0.15) is 9.13 Å². The third kappa shape index (κ3) is 11.1. The molecule has 0 spiro atoms. The fourth-order valence-electron chi connectivity index (χ4n) is 5.21. The van der Waals surface area contributed by atoms with E-state index in [1.54, 1.807) is 0 Å². The molecular formula is C38H48N4O2S2+2. The van der Waals surface area contributed by atoms with Gasteiger partial charge in [0, 0.05) is 85.5 Å². The van der Waals surface area contributed by atoms with Crippen molar-refractivity contribution in [2.45, 2.75) is 26.9 Å². The lowest BCUT2D eigenvalue weighted by Crippen LogP contribution is -2.38. The first kappa shape index (κ1) is 35.3. The molecule has 0 atom stereocenters. The average Bonchev–Trinajstić information content (AvgIpc) is 3.10. The third-order valence-corrected chi connectivity index (χ3v) is 10.1. The molecule has 0 unspecified atom stereocenters. The Balaban J connectivity index is 1.19. The molecule has 0 bridgehead atoms. The van der Waals surface area contributed by atoms with Gasteiger partial charge in [-0.25, -0.2) is 0 Å². The Morgan fingerprint density at radius 2 is 0.978 bits per heavy atom. The molecule has 4 rings (SSSR count). The van der Waals surface area contributed by atoms with Crippen LogP contribution in [-0.2, 0) is 13.1 Å². The zero-order valence-corrected chi connectivity index (χ0v) is 28.8. The quantitative estimate of drug-likeness (QED) is 0.0700. The fourth-order valence-corrected chi connectivity index (χ4v) is 7.19. The maximum Gasteiger partial charge on any atom is 0.205 e. The van der Waals surface area contributed by atoms with Gasteiger partial charge in [0.05, 0.1) is 0 Å². The number of nitrogens with zero attached hydrogens (tertiary/aromatic N) is 4. The predicted octanol–water partition coefficient (Wildman–Crippen LogP) is 6.32. The van der Waals surface area contributed by atoms with Gasteiger partial charge in [-0.05, 0) is 73.5 Å². The molecule has 4 aromatic rings. The zero-order valence-electron chi connectivity index (χ0n) is 27.1. The molecule has 0 radical (unpaired) electrons. The Morgan fingerprint density at radius 3 is 1.35 bits per heavy atom. The summed E-state index contributed by atoms with van der Waals surface area (Å²) in [6, 6.07) is 29.7. The smallest absolute Gasteiger partial charge is 0.205 e. The van der Waals surface area contributed by atoms with E-state index in [1.165, 1.54) is 11.4 Å². The molecule has 6 nitrogen and oxygen atoms in total. The van der Waals surface area contributed by atoms with Gasteiger partial charge in [0.2, 0.25) is 11.4 Å². The zero-order chi connectivity index (χ0) is 32.4. The highest BCUT2D eigenvalue weighted by Gasteiger charge is 2.09. The fraction of sp³-hybridized carbons (Fsp3) is 0.316. The Labute approximate surface area is 283 Å². The number of hydrogen-bond acceptors (Lipinski definition) is 6. The molecular weight excluding hydrogens is 609 g/mol. The molecule has 46 heavy (non-hydrogen) atoms. The summed E-state index contributed by atoms with van der Waals surface area (Å²) < 4.78 is 4.11. The van der Waals surface area contributed by atoms with E-state index in [0.29, 0.717) is 13.1 Å². The lowest BCUT2D eigenvalue weighted by Gasteiger charge is -2.24. The first-order valence-electron chi connectivity index (χ1n) is 16.1. The van der Waals surface area contributed by atoms with E-state index in [2.05, 4.69) is 118 Å². The van der Waals surface area contributed by atoms with Crippen LogP contribution in [0.5, 0.6) is 0 Å². The molecule has 0 aliphatic heterocycles. The number of aromatic nitrogens is 2. The summed E-state index contributed by atoms with van der Waals surface area (Å²) in [4.78, 5) is 4.87. The Bertz CT molecular complexity index is 1400. The largest absolute Gasteiger partial charge is 0.390 e. The van der Waals surface area contributed by atoms with Crippen molar-refractivity contribution in [3.05, 3.63) is 120 Å². The van der Waals surface area contributed by atoms with Crippen LogP contribution in [0.2, 0.25) is 0 Å². The molecule has 0 fully saturated rings. The van der Waals surface area contributed by atoms with Crippen molar-refractivity contribution in [2.75, 3.05) is 60.7 Å². The highest BCUT2D eigenvalue weighted by Crippen LogP contribution is 2.24. The topological polar surface area (TPSA) is 54.7 Å². The van der Waals surface area contributed by atoms with E-state index in [4.69, 9.17) is 0 Å². The van der Waals surface area contributed by atoms with Crippen molar-refractivity contribution in [1.29, 1.82) is 0 Å². The first-order chi connectivity index (χ1) is 22.6. The van der Waals surface area contributed by atoms with Crippen LogP contribution in [0.25, 0.3) is 24.3 Å². The summed E-state index contributed by atoms with van der Waals surface area (Å²) in [7, 11) is 3.91. The summed E-state index contributed by atoms with van der Waals surface area (Å²) in [5.41, 5.74) is 6.98. The number of benzene rings is 2. The predicted molar refractivity (Wildman–Crippen MR) is 199 cm³/mol. The van der Waals surface area contributed by atoms with Crippen LogP contribution in [0, 0.1) is 0 Å². The number of rotatable bonds is 19. The lowest BCUT2D eigenvalue weighted by molar-refractivity contribution is -0.699. The number of anilines is 2. The van der Waals surface area contributed by atoms with Crippen molar-refractivity contribution in [3.8, 4) is 0 Å². The van der Waals surface area contributed by atoms with Gasteiger partial charge in [-0.1, -0.05) is 45.9 Å². The molecule has 2 N–H and O–H groups in total. The van der Waals surface area contributed by atoms with Crippen LogP contribution in [0.15, 0.2) is 97.3 Å². The Kier molecular flexibility index (Phi) is 15.2. The van der Waals surface area contributed by atoms with E-state index in [-0.39, 0.29) is 13.2 Å². The molecule has 0 saturated carbocycles. The Hall–Kier alpha value is -3.56. The second kappa shape index (κ2) is 19.8. The molecule has 0 aliphatic rings. The van der Waals surface area contributed by atoms with Gasteiger partial charge in [-0.3, -0.25) is 0 Å². The van der Waals surface area contributed by atoms with Gasteiger partial charge in [0.1, 0.15) is 13.2 Å². The monoisotopic (exact) mass is 656 g/mol. The Morgan fingerprint density at radius 1 is 0.565 bits per heavy atom. The minimum atomic E-state index is 0.127. The second-order valence-corrected chi connectivity index (χ2v) is 13.4. The minimum absolute atomic E-state index is 0.127. The van der Waals surface area contributed by atoms with Gasteiger partial charge in [0.15, 0.2) is 25.5 Å². The number of aliphatic hydroxyl groups excluding tert-OH is 2. The van der Waals surface area contributed by atoms with Crippen molar-refractivity contribution in [3.63, 3.8) is 0 Å². The van der Waals surface area contributed by atoms with Crippen molar-refractivity contribution < 1.29 is 19.3 Å². The molecule has 2 heterocycles. The van der Waals surface area contributed by atoms with Crippen molar-refractivity contribution >= 4 is 57.3 Å². The molecule has 8 heteroatoms. The second-order valence-electron chi connectivity index (χ2n) is 10.7. The number of hydrogen-bond donors (Lipinski definition) is 2. The SMILES string of the molecule is CCN(CCSSCCN(CC)c1ccc(/C=C/c2cccc[n+]2CCO)cc1)c1ccc(/C=C/c2cccc[n+]2CCO)cc1. The molecule has 0 saturated heterocycles. The lowest BCUT2D eigenvalue weighted by atomic mass is 10.1. The van der Waals surface area contributed by atoms with Crippen LogP contribution < -0.4 is 18.9 Å². The normalized spacial score (nSPS) is 11.5. The summed E-state index contributed by atoms with van der Waals surface area (Å²) >= 11 is 0. The van der Waals surface area contributed by atoms with Crippen LogP contribution >= 0.6 is 21.6 Å². The minimum Gasteiger partial charge on any atom is -0.390 e. The van der Waals surface area contributed by atoms with Crippen molar-refractivity contribution in [1.82, 2.24) is 0 Å². The van der Waals surface area contributed by atoms with Gasteiger partial charge < -0.3 is 20.0 Å². The number of pyridine rings is 2. The molecule has 2 aromatic carbocycles. The molecule has 0 aliphatic carbocycles. The van der Waals surface area contributed by atoms with Crippen LogP contribution in [-0.4, -0.2) is 61.1 Å². The maximum atomic E-state index is 9.32. The van der Waals surface area contributed by atoms with E-state index in [0.717, 1.165) is 60.2 Å². The van der Waals surface area contributed by atoms with Crippen LogP contribution in [0.4, 0.5) is 11.4 Å². The molecule has 2 aromatic heterocycles. The van der Waals surface area contributed by atoms with Crippen LogP contribution in [0.1, 0.15) is 36.4 Å². The third-order valence-electron chi connectivity index (χ3n) is 7.78. The van der Waals surface area contributed by atoms with Gasteiger partial charge >= 0.3 is 0 Å². The highest BCUT2D eigenvalue weighted by molar-refractivity contribution is 8.76. The maximum absolute atomic E-state index is 9.32. The van der Waals surface area contributed by atoms with Crippen LogP contribution in [0.3, 0.4) is 0 Å². The summed E-state index contributed by atoms with van der Waals surface area (Å²) in [5, 5.41) is 18.6. The number of aliphatic hydroxyl groups is 2. The summed E-state index contributed by atoms with van der Waals surface area (Å²) in [6.45, 7) is 9.87. The first-order valence-corrected chi connectivity index (χ1v) is 18.6. The molecule has 0 amide bonds. The van der Waals surface area contributed by atoms with Crippen molar-refractivity contribution in [2.24, 2.45) is 0 Å². The van der Waals surface area contributed by atoms with E-state index in [9.17, 15) is 10.2 Å².